The Morgan fingerprint density at radius 3 is 2.27 bits per heavy atom. The van der Waals surface area contributed by atoms with Crippen LogP contribution in [0.25, 0.3) is 16.7 Å². The van der Waals surface area contributed by atoms with Crippen molar-refractivity contribution in [2.24, 2.45) is 0 Å². The van der Waals surface area contributed by atoms with Gasteiger partial charge in [0.25, 0.3) is 5.56 Å². The van der Waals surface area contributed by atoms with Crippen molar-refractivity contribution in [2.45, 2.75) is 33.5 Å². The van der Waals surface area contributed by atoms with E-state index in [-0.39, 0.29) is 28.0 Å². The molecule has 3 aromatic rings. The van der Waals surface area contributed by atoms with E-state index in [2.05, 4.69) is 19.6 Å². The minimum Gasteiger partial charge on any atom is -0.507 e. The van der Waals surface area contributed by atoms with E-state index in [0.29, 0.717) is 16.8 Å². The minimum absolute atomic E-state index is 0.0468. The van der Waals surface area contributed by atoms with Gasteiger partial charge in [0.15, 0.2) is 5.58 Å². The Morgan fingerprint density at radius 1 is 1.05 bits per heavy atom. The van der Waals surface area contributed by atoms with Gasteiger partial charge >= 0.3 is 0 Å². The predicted octanol–water partition coefficient (Wildman–Crippen LogP) is 2.62. The summed E-state index contributed by atoms with van der Waals surface area (Å²) in [5.74, 6) is -0.265. The van der Waals surface area contributed by atoms with Crippen molar-refractivity contribution in [3.05, 3.63) is 33.6 Å². The lowest BCUT2D eigenvalue weighted by molar-refractivity contribution is 0.442. The van der Waals surface area contributed by atoms with Gasteiger partial charge in [-0.2, -0.15) is 0 Å². The summed E-state index contributed by atoms with van der Waals surface area (Å²) in [7, 11) is -1.75. The Kier molecular flexibility index (Phi) is 2.94. The van der Waals surface area contributed by atoms with Crippen molar-refractivity contribution >= 4 is 30.1 Å². The first kappa shape index (κ1) is 14.7. The van der Waals surface area contributed by atoms with Gasteiger partial charge in [0.2, 0.25) is 5.71 Å². The van der Waals surface area contributed by atoms with E-state index in [1.807, 2.05) is 6.07 Å². The lowest BCUT2D eigenvalue weighted by Gasteiger charge is -2.16. The maximum Gasteiger partial charge on any atom is 0.272 e. The number of aryl methyl sites for hydroxylation is 1. The van der Waals surface area contributed by atoms with Crippen molar-refractivity contribution in [3.8, 4) is 11.5 Å². The van der Waals surface area contributed by atoms with Gasteiger partial charge in [0.05, 0.1) is 8.07 Å². The number of hydrogen-bond acceptors (Lipinski definition) is 4. The highest BCUT2D eigenvalue weighted by molar-refractivity contribution is 6.88. The summed E-state index contributed by atoms with van der Waals surface area (Å²) in [5.41, 5.74) is 1.11. The van der Waals surface area contributed by atoms with E-state index in [1.54, 1.807) is 24.3 Å². The molecule has 1 aromatic carbocycles. The molecule has 0 aliphatic rings. The van der Waals surface area contributed by atoms with Gasteiger partial charge in [0, 0.05) is 22.5 Å². The lowest BCUT2D eigenvalue weighted by atomic mass is 10.1. The van der Waals surface area contributed by atoms with Crippen LogP contribution in [0.5, 0.6) is 11.5 Å². The molecule has 0 saturated heterocycles. The normalized spacial score (nSPS) is 12.4. The van der Waals surface area contributed by atoms with E-state index in [4.69, 9.17) is 4.42 Å². The van der Waals surface area contributed by atoms with Gasteiger partial charge < -0.3 is 14.6 Å². The summed E-state index contributed by atoms with van der Waals surface area (Å²) in [6.07, 6.45) is 0. The van der Waals surface area contributed by atoms with Gasteiger partial charge in [-0.15, -0.1) is 0 Å². The molecule has 6 heteroatoms. The number of phenols is 2. The quantitative estimate of drug-likeness (QED) is 0.677. The van der Waals surface area contributed by atoms with Crippen LogP contribution in [0.15, 0.2) is 21.3 Å². The zero-order valence-corrected chi connectivity index (χ0v) is 14.3. The summed E-state index contributed by atoms with van der Waals surface area (Å²) in [5, 5.41) is 21.4. The van der Waals surface area contributed by atoms with Crippen LogP contribution in [0.2, 0.25) is 19.6 Å². The number of fused-ring (bicyclic) bond motifs is 2. The molecule has 116 valence electrons. The topological polar surface area (TPSA) is 75.1 Å². The molecule has 0 unspecified atom stereocenters. The minimum atomic E-state index is -1.75. The molecule has 0 radical (unpaired) electrons. The van der Waals surface area contributed by atoms with Crippen LogP contribution < -0.4 is 10.9 Å². The Morgan fingerprint density at radius 2 is 1.68 bits per heavy atom. The monoisotopic (exact) mass is 317 g/mol. The summed E-state index contributed by atoms with van der Waals surface area (Å²) in [4.78, 5) is 12.9. The molecular formula is C16H19NO4Si. The molecule has 0 bridgehead atoms. The standard InChI is InChI=1S/C16H19NO4Si/c1-8-13(18)9(2)15-12(14(8)19)16(20)17-10(21-15)6-7-11(17)22(3,4)5/h6-7,18-19H,1-5H3. The molecule has 2 aromatic heterocycles. The second-order valence-corrected chi connectivity index (χ2v) is 11.7. The van der Waals surface area contributed by atoms with Gasteiger partial charge in [-0.05, 0) is 19.9 Å². The zero-order valence-electron chi connectivity index (χ0n) is 13.3. The van der Waals surface area contributed by atoms with E-state index < -0.39 is 8.07 Å². The molecule has 0 spiro atoms. The number of rotatable bonds is 1. The number of hydrogen-bond donors (Lipinski definition) is 2. The maximum absolute atomic E-state index is 12.9. The summed E-state index contributed by atoms with van der Waals surface area (Å²) in [6.45, 7) is 9.69. The van der Waals surface area contributed by atoms with Crippen LogP contribution in [-0.2, 0) is 0 Å². The Balaban J connectivity index is 2.62. The first-order valence-electron chi connectivity index (χ1n) is 7.14. The summed E-state index contributed by atoms with van der Waals surface area (Å²) < 4.78 is 7.36. The molecule has 0 amide bonds. The first-order chi connectivity index (χ1) is 10.1. The average molecular weight is 317 g/mol. The van der Waals surface area contributed by atoms with Crippen LogP contribution in [0.4, 0.5) is 0 Å². The van der Waals surface area contributed by atoms with Gasteiger partial charge in [-0.25, -0.2) is 0 Å². The van der Waals surface area contributed by atoms with Crippen LogP contribution in [0, 0.1) is 13.8 Å². The highest BCUT2D eigenvalue weighted by Gasteiger charge is 2.25. The van der Waals surface area contributed by atoms with Gasteiger partial charge in [-0.3, -0.25) is 9.20 Å². The molecule has 2 N–H and O–H groups in total. The molecule has 2 heterocycles. The molecule has 0 saturated carbocycles. The Hall–Kier alpha value is -2.21. The molecule has 3 rings (SSSR count). The molecule has 22 heavy (non-hydrogen) atoms. The number of nitrogens with zero attached hydrogens (tertiary/aromatic N) is 1. The Bertz CT molecular complexity index is 976. The van der Waals surface area contributed by atoms with Crippen molar-refractivity contribution in [2.75, 3.05) is 0 Å². The molecule has 0 aliphatic heterocycles. The molecular weight excluding hydrogens is 298 g/mol. The third kappa shape index (κ3) is 1.80. The number of aromatic nitrogens is 1. The van der Waals surface area contributed by atoms with Crippen molar-refractivity contribution in [1.29, 1.82) is 0 Å². The highest BCUT2D eigenvalue weighted by Crippen LogP contribution is 2.37. The molecule has 0 atom stereocenters. The molecule has 0 fully saturated rings. The van der Waals surface area contributed by atoms with Crippen LogP contribution in [-0.4, -0.2) is 22.7 Å². The van der Waals surface area contributed by atoms with Gasteiger partial charge in [-0.1, -0.05) is 19.6 Å². The second kappa shape index (κ2) is 4.39. The van der Waals surface area contributed by atoms with Crippen LogP contribution in [0.3, 0.4) is 0 Å². The number of aromatic hydroxyl groups is 2. The number of benzene rings is 1. The SMILES string of the molecule is Cc1c(O)c(C)c2oc3ccc([Si](C)(C)C)n3c(=O)c2c1O. The zero-order chi connectivity index (χ0) is 16.4. The summed E-state index contributed by atoms with van der Waals surface area (Å²) >= 11 is 0. The van der Waals surface area contributed by atoms with E-state index in [1.165, 1.54) is 0 Å². The predicted molar refractivity (Wildman–Crippen MR) is 89.2 cm³/mol. The Labute approximate surface area is 128 Å². The fourth-order valence-electron chi connectivity index (χ4n) is 2.82. The van der Waals surface area contributed by atoms with Crippen molar-refractivity contribution in [1.82, 2.24) is 4.40 Å². The van der Waals surface area contributed by atoms with Crippen LogP contribution >= 0.6 is 0 Å². The van der Waals surface area contributed by atoms with Crippen molar-refractivity contribution in [3.63, 3.8) is 0 Å². The van der Waals surface area contributed by atoms with E-state index in [0.717, 1.165) is 5.32 Å². The third-order valence-corrected chi connectivity index (χ3v) is 6.03. The summed E-state index contributed by atoms with van der Waals surface area (Å²) in [6, 6.07) is 3.67. The van der Waals surface area contributed by atoms with E-state index >= 15 is 0 Å². The van der Waals surface area contributed by atoms with Crippen molar-refractivity contribution < 1.29 is 14.6 Å². The second-order valence-electron chi connectivity index (χ2n) is 6.70. The highest BCUT2D eigenvalue weighted by atomic mass is 28.3. The maximum atomic E-state index is 12.9. The molecule has 0 aliphatic carbocycles. The largest absolute Gasteiger partial charge is 0.507 e. The third-order valence-electron chi connectivity index (χ3n) is 4.11. The van der Waals surface area contributed by atoms with E-state index in [9.17, 15) is 15.0 Å². The smallest absolute Gasteiger partial charge is 0.272 e. The van der Waals surface area contributed by atoms with Gasteiger partial charge in [0.1, 0.15) is 16.9 Å². The lowest BCUT2D eigenvalue weighted by Crippen LogP contribution is -2.43. The fraction of sp³-hybridized carbons (Fsp3) is 0.312. The fourth-order valence-corrected chi connectivity index (χ4v) is 4.28. The first-order valence-corrected chi connectivity index (χ1v) is 10.6. The number of phenolic OH excluding ortho intramolecular Hbond substituents is 2. The average Bonchev–Trinajstić information content (AvgIpc) is 2.87. The van der Waals surface area contributed by atoms with Crippen LogP contribution in [0.1, 0.15) is 11.1 Å². The molecule has 5 nitrogen and oxygen atoms in total.